The lowest BCUT2D eigenvalue weighted by molar-refractivity contribution is 0.0628. The van der Waals surface area contributed by atoms with E-state index in [4.69, 9.17) is 4.74 Å². The number of aromatic nitrogens is 2. The van der Waals surface area contributed by atoms with Gasteiger partial charge in [0.05, 0.1) is 22.8 Å². The number of hydrogen-bond acceptors (Lipinski definition) is 2. The first-order valence-corrected chi connectivity index (χ1v) is 5.60. The third-order valence-corrected chi connectivity index (χ3v) is 2.56. The van der Waals surface area contributed by atoms with Crippen LogP contribution in [0.15, 0.2) is 6.20 Å². The van der Waals surface area contributed by atoms with Crippen molar-refractivity contribution in [3.8, 4) is 0 Å². The van der Waals surface area contributed by atoms with Crippen molar-refractivity contribution < 1.29 is 9.13 Å². The van der Waals surface area contributed by atoms with Crippen molar-refractivity contribution >= 4 is 22.6 Å². The Morgan fingerprint density at radius 3 is 2.93 bits per heavy atom. The number of nitrogens with zero attached hydrogens (tertiary/aromatic N) is 2. The first-order chi connectivity index (χ1) is 6.63. The number of ether oxygens (including phenoxy) is 1. The predicted octanol–water partition coefficient (Wildman–Crippen LogP) is 2.38. The molecule has 0 aliphatic heterocycles. The van der Waals surface area contributed by atoms with Crippen LogP contribution in [0.3, 0.4) is 0 Å². The molecule has 0 aliphatic rings. The Labute approximate surface area is 96.8 Å². The zero-order valence-corrected chi connectivity index (χ0v) is 10.5. The molecule has 0 atom stereocenters. The third-order valence-electron chi connectivity index (χ3n) is 1.65. The van der Waals surface area contributed by atoms with Crippen LogP contribution in [0, 0.1) is 3.57 Å². The van der Waals surface area contributed by atoms with Gasteiger partial charge in [0.25, 0.3) is 0 Å². The molecule has 1 aromatic rings. The fourth-order valence-electron chi connectivity index (χ4n) is 0.982. The number of rotatable bonds is 5. The normalized spacial score (nSPS) is 11.2. The number of aryl methyl sites for hydroxylation is 1. The van der Waals surface area contributed by atoms with Crippen LogP contribution in [0.4, 0.5) is 4.39 Å². The molecule has 0 amide bonds. The quantitative estimate of drug-likeness (QED) is 0.781. The van der Waals surface area contributed by atoms with Gasteiger partial charge in [-0.05, 0) is 36.4 Å². The molecule has 3 nitrogen and oxygen atoms in total. The molecule has 5 heteroatoms. The van der Waals surface area contributed by atoms with Crippen molar-refractivity contribution in [1.82, 2.24) is 9.78 Å². The molecule has 1 heterocycles. The summed E-state index contributed by atoms with van der Waals surface area (Å²) in [6.45, 7) is 4.38. The van der Waals surface area contributed by atoms with E-state index in [0.29, 0.717) is 13.2 Å². The molecule has 0 bridgehead atoms. The van der Waals surface area contributed by atoms with Crippen LogP contribution in [0.2, 0.25) is 0 Å². The summed E-state index contributed by atoms with van der Waals surface area (Å²) in [7, 11) is 0. The van der Waals surface area contributed by atoms with E-state index in [1.165, 1.54) is 0 Å². The zero-order chi connectivity index (χ0) is 10.6. The Balaban J connectivity index is 2.58. The average molecular weight is 312 g/mol. The minimum atomic E-state index is -0.387. The molecule has 0 fully saturated rings. The summed E-state index contributed by atoms with van der Waals surface area (Å²) in [4.78, 5) is 0. The van der Waals surface area contributed by atoms with Crippen LogP contribution >= 0.6 is 22.6 Å². The van der Waals surface area contributed by atoms with Crippen molar-refractivity contribution in [2.24, 2.45) is 0 Å². The molecule has 1 aromatic heterocycles. The fourth-order valence-corrected chi connectivity index (χ4v) is 1.57. The SMILES string of the molecule is CC(C)OCc1nn(CCF)cc1I. The van der Waals surface area contributed by atoms with E-state index in [1.807, 2.05) is 20.0 Å². The zero-order valence-electron chi connectivity index (χ0n) is 8.33. The summed E-state index contributed by atoms with van der Waals surface area (Å²) < 4.78 is 20.1. The smallest absolute Gasteiger partial charge is 0.109 e. The van der Waals surface area contributed by atoms with Gasteiger partial charge in [-0.3, -0.25) is 4.68 Å². The van der Waals surface area contributed by atoms with Gasteiger partial charge < -0.3 is 4.74 Å². The van der Waals surface area contributed by atoms with E-state index in [-0.39, 0.29) is 12.8 Å². The van der Waals surface area contributed by atoms with Gasteiger partial charge in [-0.2, -0.15) is 5.10 Å². The van der Waals surface area contributed by atoms with E-state index in [9.17, 15) is 4.39 Å². The van der Waals surface area contributed by atoms with Gasteiger partial charge in [0, 0.05) is 6.20 Å². The molecule has 14 heavy (non-hydrogen) atoms. The average Bonchev–Trinajstić information content (AvgIpc) is 2.44. The Bertz CT molecular complexity index is 288. The summed E-state index contributed by atoms with van der Waals surface area (Å²) in [6, 6.07) is 0. The van der Waals surface area contributed by atoms with Gasteiger partial charge in [-0.15, -0.1) is 0 Å². The number of halogens is 2. The van der Waals surface area contributed by atoms with Crippen molar-refractivity contribution in [3.63, 3.8) is 0 Å². The van der Waals surface area contributed by atoms with Crippen molar-refractivity contribution in [2.75, 3.05) is 6.67 Å². The van der Waals surface area contributed by atoms with Crippen molar-refractivity contribution in [1.29, 1.82) is 0 Å². The Morgan fingerprint density at radius 1 is 1.64 bits per heavy atom. The standard InChI is InChI=1S/C9H14FIN2O/c1-7(2)14-6-9-8(11)5-13(12-9)4-3-10/h5,7H,3-4,6H2,1-2H3. The number of hydrogen-bond donors (Lipinski definition) is 0. The lowest BCUT2D eigenvalue weighted by Crippen LogP contribution is -2.05. The fraction of sp³-hybridized carbons (Fsp3) is 0.667. The summed E-state index contributed by atoms with van der Waals surface area (Å²) in [5, 5.41) is 4.22. The maximum atomic E-state index is 12.0. The van der Waals surface area contributed by atoms with E-state index >= 15 is 0 Å². The van der Waals surface area contributed by atoms with Crippen LogP contribution < -0.4 is 0 Å². The molecule has 0 aromatic carbocycles. The molecule has 0 aliphatic carbocycles. The highest BCUT2D eigenvalue weighted by atomic mass is 127. The molecule has 0 N–H and O–H groups in total. The Morgan fingerprint density at radius 2 is 2.36 bits per heavy atom. The molecule has 0 unspecified atom stereocenters. The monoisotopic (exact) mass is 312 g/mol. The van der Waals surface area contributed by atoms with Crippen LogP contribution in [0.25, 0.3) is 0 Å². The van der Waals surface area contributed by atoms with Gasteiger partial charge in [0.1, 0.15) is 12.4 Å². The molecule has 80 valence electrons. The van der Waals surface area contributed by atoms with E-state index in [1.54, 1.807) is 4.68 Å². The molecule has 0 saturated carbocycles. The second-order valence-electron chi connectivity index (χ2n) is 3.24. The lowest BCUT2D eigenvalue weighted by Gasteiger charge is -2.04. The first kappa shape index (κ1) is 11.9. The summed E-state index contributed by atoms with van der Waals surface area (Å²) >= 11 is 2.18. The van der Waals surface area contributed by atoms with E-state index in [0.717, 1.165) is 9.26 Å². The highest BCUT2D eigenvalue weighted by molar-refractivity contribution is 14.1. The number of alkyl halides is 1. The summed E-state index contributed by atoms with van der Waals surface area (Å²) in [5.41, 5.74) is 0.882. The first-order valence-electron chi connectivity index (χ1n) is 4.53. The van der Waals surface area contributed by atoms with E-state index in [2.05, 4.69) is 27.7 Å². The highest BCUT2D eigenvalue weighted by Gasteiger charge is 2.07. The van der Waals surface area contributed by atoms with Crippen LogP contribution in [0.5, 0.6) is 0 Å². The molecule has 1 rings (SSSR count). The van der Waals surface area contributed by atoms with Crippen LogP contribution in [-0.4, -0.2) is 22.6 Å². The molecule has 0 spiro atoms. The van der Waals surface area contributed by atoms with Gasteiger partial charge in [-0.1, -0.05) is 0 Å². The second kappa shape index (κ2) is 5.65. The van der Waals surface area contributed by atoms with Crippen LogP contribution in [0.1, 0.15) is 19.5 Å². The highest BCUT2D eigenvalue weighted by Crippen LogP contribution is 2.12. The summed E-state index contributed by atoms with van der Waals surface area (Å²) in [6.07, 6.45) is 2.02. The van der Waals surface area contributed by atoms with Gasteiger partial charge in [0.15, 0.2) is 0 Å². The van der Waals surface area contributed by atoms with Gasteiger partial charge in [0.2, 0.25) is 0 Å². The van der Waals surface area contributed by atoms with Gasteiger partial charge >= 0.3 is 0 Å². The van der Waals surface area contributed by atoms with Crippen molar-refractivity contribution in [2.45, 2.75) is 33.1 Å². The summed E-state index contributed by atoms with van der Waals surface area (Å²) in [5.74, 6) is 0. The largest absolute Gasteiger partial charge is 0.372 e. The molecular weight excluding hydrogens is 298 g/mol. The third kappa shape index (κ3) is 3.53. The van der Waals surface area contributed by atoms with Crippen molar-refractivity contribution in [3.05, 3.63) is 15.5 Å². The predicted molar refractivity (Wildman–Crippen MR) is 60.8 cm³/mol. The minimum Gasteiger partial charge on any atom is -0.372 e. The molecule has 0 saturated heterocycles. The Hall–Kier alpha value is -0.170. The molecule has 0 radical (unpaired) electrons. The molecular formula is C9H14FIN2O. The maximum absolute atomic E-state index is 12.0. The maximum Gasteiger partial charge on any atom is 0.109 e. The second-order valence-corrected chi connectivity index (χ2v) is 4.40. The topological polar surface area (TPSA) is 27.1 Å². The minimum absolute atomic E-state index is 0.192. The van der Waals surface area contributed by atoms with Crippen LogP contribution in [-0.2, 0) is 17.9 Å². The van der Waals surface area contributed by atoms with E-state index < -0.39 is 0 Å². The Kier molecular flexibility index (Phi) is 4.80. The lowest BCUT2D eigenvalue weighted by atomic mass is 10.4. The van der Waals surface area contributed by atoms with Gasteiger partial charge in [-0.25, -0.2) is 4.39 Å².